The molecular formula is C22H32FN6O5+. The third-order valence-corrected chi connectivity index (χ3v) is 6.56. The molecule has 0 aromatic carbocycles. The molecule has 0 bridgehead atoms. The Morgan fingerprint density at radius 2 is 2.15 bits per heavy atom. The monoisotopic (exact) mass is 479 g/mol. The van der Waals surface area contributed by atoms with Crippen LogP contribution in [0.1, 0.15) is 58.6 Å². The van der Waals surface area contributed by atoms with E-state index in [1.807, 2.05) is 0 Å². The van der Waals surface area contributed by atoms with Gasteiger partial charge in [-0.15, -0.1) is 0 Å². The van der Waals surface area contributed by atoms with Crippen molar-refractivity contribution >= 4 is 23.7 Å². The molecule has 2 aliphatic heterocycles. The van der Waals surface area contributed by atoms with Crippen LogP contribution in [0.2, 0.25) is 0 Å². The number of rotatable bonds is 7. The van der Waals surface area contributed by atoms with Crippen LogP contribution in [0.5, 0.6) is 0 Å². The zero-order valence-electron chi connectivity index (χ0n) is 19.7. The van der Waals surface area contributed by atoms with Crippen molar-refractivity contribution in [3.05, 3.63) is 17.2 Å². The number of nitrogens with one attached hydrogen (secondary N) is 2. The summed E-state index contributed by atoms with van der Waals surface area (Å²) < 4.78 is 38.8. The van der Waals surface area contributed by atoms with Gasteiger partial charge in [0, 0.05) is 20.4 Å². The summed E-state index contributed by atoms with van der Waals surface area (Å²) in [5.74, 6) is -0.187. The minimum absolute atomic E-state index is 0.101. The summed E-state index contributed by atoms with van der Waals surface area (Å²) in [6.45, 7) is 2.29. The molecule has 3 heterocycles. The first-order valence-electron chi connectivity index (χ1n) is 11.6. The van der Waals surface area contributed by atoms with Gasteiger partial charge in [-0.3, -0.25) is 15.3 Å². The first kappa shape index (κ1) is 24.0. The molecule has 3 aliphatic rings. The fraction of sp³-hybridized carbons (Fsp3) is 0.682. The Morgan fingerprint density at radius 1 is 1.41 bits per heavy atom. The molecule has 1 saturated carbocycles. The number of esters is 2. The fourth-order valence-electron chi connectivity index (χ4n) is 4.87. The van der Waals surface area contributed by atoms with Gasteiger partial charge in [-0.05, 0) is 25.7 Å². The number of alkyl halides is 1. The normalized spacial score (nSPS) is 28.9. The van der Waals surface area contributed by atoms with Crippen LogP contribution in [0.15, 0.2) is 6.33 Å². The summed E-state index contributed by atoms with van der Waals surface area (Å²) in [5.41, 5.74) is 3.99. The zero-order chi connectivity index (χ0) is 24.5. The van der Waals surface area contributed by atoms with Crippen LogP contribution >= 0.6 is 0 Å². The smallest absolute Gasteiger partial charge is 0.398 e. The molecule has 12 heteroatoms. The largest absolute Gasteiger partial charge is 0.463 e. The molecule has 2 fully saturated rings. The maximum atomic E-state index is 16.4. The number of carbonyl (C=O) groups is 2. The lowest BCUT2D eigenvalue weighted by Gasteiger charge is -2.27. The highest BCUT2D eigenvalue weighted by Crippen LogP contribution is 2.43. The summed E-state index contributed by atoms with van der Waals surface area (Å²) in [7, 11) is 1.69. The molecule has 34 heavy (non-hydrogen) atoms. The highest BCUT2D eigenvalue weighted by Gasteiger charge is 2.60. The maximum absolute atomic E-state index is 16.4. The number of fused-ring (bicyclic) bond motifs is 1. The second-order valence-electron chi connectivity index (χ2n) is 9.17. The van der Waals surface area contributed by atoms with Crippen LogP contribution in [-0.4, -0.2) is 59.0 Å². The van der Waals surface area contributed by atoms with Crippen molar-refractivity contribution < 1.29 is 28.2 Å². The Balaban J connectivity index is 1.63. The number of aromatic nitrogens is 2. The predicted octanol–water partition coefficient (Wildman–Crippen LogP) is -1.16. The van der Waals surface area contributed by atoms with Gasteiger partial charge in [0.2, 0.25) is 11.9 Å². The molecule has 0 spiro atoms. The first-order valence-corrected chi connectivity index (χ1v) is 11.6. The average Bonchev–Trinajstić information content (AvgIpc) is 3.30. The predicted molar refractivity (Wildman–Crippen MR) is 119 cm³/mol. The van der Waals surface area contributed by atoms with Gasteiger partial charge in [0.25, 0.3) is 0 Å². The van der Waals surface area contributed by atoms with E-state index < -0.39 is 36.0 Å². The van der Waals surface area contributed by atoms with Gasteiger partial charge in [-0.2, -0.15) is 0 Å². The average molecular weight is 480 g/mol. The van der Waals surface area contributed by atoms with Crippen molar-refractivity contribution in [2.24, 2.45) is 11.7 Å². The van der Waals surface area contributed by atoms with Crippen LogP contribution < -0.4 is 31.9 Å². The summed E-state index contributed by atoms with van der Waals surface area (Å²) in [4.78, 5) is 28.5. The molecule has 0 unspecified atom stereocenters. The molecule has 186 valence electrons. The molecule has 1 aliphatic carbocycles. The number of guanidine groups is 1. The van der Waals surface area contributed by atoms with E-state index >= 15 is 4.39 Å². The summed E-state index contributed by atoms with van der Waals surface area (Å²) in [6.07, 6.45) is 3.33. The van der Waals surface area contributed by atoms with Crippen molar-refractivity contribution in [3.8, 4) is 0 Å². The van der Waals surface area contributed by atoms with E-state index in [1.165, 1.54) is 31.2 Å². The van der Waals surface area contributed by atoms with Crippen molar-refractivity contribution in [2.75, 3.05) is 13.7 Å². The molecule has 4 rings (SSSR count). The first-order chi connectivity index (χ1) is 16.2. The highest BCUT2D eigenvalue weighted by molar-refractivity contribution is 5.83. The highest BCUT2D eigenvalue weighted by atomic mass is 19.1. The maximum Gasteiger partial charge on any atom is 0.398 e. The molecule has 0 radical (unpaired) electrons. The number of halogens is 1. The van der Waals surface area contributed by atoms with Crippen LogP contribution in [0.3, 0.4) is 0 Å². The molecule has 11 nitrogen and oxygen atoms in total. The third-order valence-electron chi connectivity index (χ3n) is 6.56. The van der Waals surface area contributed by atoms with Gasteiger partial charge in [0.05, 0.1) is 0 Å². The molecule has 4 N–H and O–H groups in total. The lowest BCUT2D eigenvalue weighted by Crippen LogP contribution is -2.53. The molecule has 1 aromatic heterocycles. The van der Waals surface area contributed by atoms with E-state index in [4.69, 9.17) is 19.9 Å². The van der Waals surface area contributed by atoms with Crippen LogP contribution in [0, 0.1) is 5.92 Å². The van der Waals surface area contributed by atoms with Gasteiger partial charge < -0.3 is 19.5 Å². The number of hydrogen-bond acceptors (Lipinski definition) is 9. The van der Waals surface area contributed by atoms with Gasteiger partial charge in [0.1, 0.15) is 19.0 Å². The Kier molecular flexibility index (Phi) is 6.81. The zero-order valence-corrected chi connectivity index (χ0v) is 19.7. The van der Waals surface area contributed by atoms with E-state index in [0.29, 0.717) is 11.2 Å². The number of nitrogens with zero attached hydrogens (tertiary/aromatic N) is 3. The molecule has 0 amide bonds. The molecule has 4 atom stereocenters. The fourth-order valence-corrected chi connectivity index (χ4v) is 4.87. The summed E-state index contributed by atoms with van der Waals surface area (Å²) in [6, 6.07) is 0. The van der Waals surface area contributed by atoms with Gasteiger partial charge in [0.15, 0.2) is 17.3 Å². The van der Waals surface area contributed by atoms with Crippen LogP contribution in [0.4, 0.5) is 4.39 Å². The number of carbonyl (C=O) groups excluding carboxylic acids is 2. The Morgan fingerprint density at radius 3 is 2.82 bits per heavy atom. The van der Waals surface area contributed by atoms with Crippen molar-refractivity contribution in [2.45, 2.75) is 76.5 Å². The standard InChI is InChI=1S/C22H31FN6O5/c1-12(30)32-10-14-17(34-15(31)9-13-7-5-4-6-8-13)22(2,23)20(33-14)29-11-26-16-18(25-3)27-21(24)28-19(16)29/h11,13-14,17,20H,4-10H2,1-3H3,(H3,24,25,27,28)/p+1/t14-,17-,20-,22-/m1/s1. The van der Waals surface area contributed by atoms with Crippen molar-refractivity contribution in [1.29, 1.82) is 0 Å². The second-order valence-corrected chi connectivity index (χ2v) is 9.17. The molecule has 1 aromatic rings. The Hall–Kier alpha value is -3.11. The number of hydrogen-bond donors (Lipinski definition) is 3. The summed E-state index contributed by atoms with van der Waals surface area (Å²) in [5, 5.41) is 6.23. The van der Waals surface area contributed by atoms with Crippen LogP contribution in [0.25, 0.3) is 5.82 Å². The van der Waals surface area contributed by atoms with Gasteiger partial charge >= 0.3 is 23.4 Å². The Bertz CT molecular complexity index is 1110. The van der Waals surface area contributed by atoms with Crippen molar-refractivity contribution in [3.63, 3.8) is 0 Å². The van der Waals surface area contributed by atoms with Gasteiger partial charge in [-0.25, -0.2) is 23.9 Å². The van der Waals surface area contributed by atoms with E-state index in [-0.39, 0.29) is 30.4 Å². The number of ether oxygens (including phenoxy) is 3. The van der Waals surface area contributed by atoms with Crippen molar-refractivity contribution in [1.82, 2.24) is 24.9 Å². The SMILES string of the molecule is CNC1=c2ncn([C@@H]3O[C@H](COC(C)=O)[C@@H](OC(=O)CC4CCCCC4)[C@@]3(C)F)c2=[N+]=C(N)N1. The van der Waals surface area contributed by atoms with E-state index in [1.54, 1.807) is 7.05 Å². The minimum Gasteiger partial charge on any atom is -0.463 e. The minimum atomic E-state index is -2.17. The quantitative estimate of drug-likeness (QED) is 0.326. The number of imidazole rings is 1. The lowest BCUT2D eigenvalue weighted by atomic mass is 9.87. The topological polar surface area (TPSA) is 144 Å². The molecule has 1 saturated heterocycles. The van der Waals surface area contributed by atoms with E-state index in [9.17, 15) is 9.59 Å². The third kappa shape index (κ3) is 4.74. The Labute approximate surface area is 196 Å². The van der Waals surface area contributed by atoms with E-state index in [2.05, 4.69) is 20.3 Å². The lowest BCUT2D eigenvalue weighted by molar-refractivity contribution is -0.162. The number of nitrogens with two attached hydrogens (primary N) is 1. The van der Waals surface area contributed by atoms with E-state index in [0.717, 1.165) is 25.7 Å². The van der Waals surface area contributed by atoms with Gasteiger partial charge in [-0.1, -0.05) is 19.3 Å². The second kappa shape index (κ2) is 9.63. The van der Waals surface area contributed by atoms with Crippen LogP contribution in [-0.2, 0) is 23.8 Å². The molecular weight excluding hydrogens is 447 g/mol. The summed E-state index contributed by atoms with van der Waals surface area (Å²) >= 11 is 0.